The SMILES string of the molecule is CSNc1ccc2cc(-c3cc(-n4ccc(=O)[nH]c4=O)cc(C(C)(C)C)c3Cl)ccc2c1. The van der Waals surface area contributed by atoms with Crippen LogP contribution < -0.4 is 16.0 Å². The fraction of sp³-hybridized carbons (Fsp3) is 0.200. The number of halogens is 1. The van der Waals surface area contributed by atoms with Gasteiger partial charge in [-0.25, -0.2) is 4.79 Å². The van der Waals surface area contributed by atoms with Crippen molar-refractivity contribution in [2.45, 2.75) is 26.2 Å². The quantitative estimate of drug-likeness (QED) is 0.363. The molecule has 0 atom stereocenters. The van der Waals surface area contributed by atoms with Gasteiger partial charge in [0.2, 0.25) is 0 Å². The Morgan fingerprint density at radius 3 is 2.38 bits per heavy atom. The van der Waals surface area contributed by atoms with Crippen LogP contribution in [0.3, 0.4) is 0 Å². The van der Waals surface area contributed by atoms with Crippen LogP contribution in [0.2, 0.25) is 5.02 Å². The van der Waals surface area contributed by atoms with E-state index >= 15 is 0 Å². The highest BCUT2D eigenvalue weighted by molar-refractivity contribution is 7.99. The standard InChI is InChI=1S/C25H24ClN3O2S/c1-25(2,3)21-14-19(29-10-9-22(30)27-24(29)31)13-20(23(21)26)17-6-5-16-12-18(28-32-4)8-7-15(16)11-17/h5-14,28H,1-4H3,(H,27,30,31). The van der Waals surface area contributed by atoms with Crippen molar-refractivity contribution < 1.29 is 0 Å². The summed E-state index contributed by atoms with van der Waals surface area (Å²) >= 11 is 8.47. The fourth-order valence-electron chi connectivity index (χ4n) is 3.72. The van der Waals surface area contributed by atoms with Crippen LogP contribution in [0.25, 0.3) is 27.6 Å². The Labute approximate surface area is 195 Å². The van der Waals surface area contributed by atoms with Crippen LogP contribution in [0.1, 0.15) is 26.3 Å². The van der Waals surface area contributed by atoms with E-state index in [0.717, 1.165) is 33.2 Å². The molecular formula is C25H24ClN3O2S. The van der Waals surface area contributed by atoms with Crippen molar-refractivity contribution in [1.82, 2.24) is 9.55 Å². The van der Waals surface area contributed by atoms with Crippen molar-refractivity contribution in [3.8, 4) is 16.8 Å². The first-order valence-corrected chi connectivity index (χ1v) is 11.8. The minimum atomic E-state index is -0.488. The lowest BCUT2D eigenvalue weighted by Gasteiger charge is -2.24. The molecule has 0 fully saturated rings. The zero-order chi connectivity index (χ0) is 23.0. The maximum absolute atomic E-state index is 12.5. The lowest BCUT2D eigenvalue weighted by atomic mass is 9.84. The van der Waals surface area contributed by atoms with E-state index < -0.39 is 11.2 Å². The van der Waals surface area contributed by atoms with Gasteiger partial charge >= 0.3 is 5.69 Å². The third kappa shape index (κ3) is 4.33. The molecular weight excluding hydrogens is 442 g/mol. The summed E-state index contributed by atoms with van der Waals surface area (Å²) in [4.78, 5) is 26.3. The largest absolute Gasteiger partial charge is 0.332 e. The minimum Gasteiger partial charge on any atom is -0.330 e. The predicted octanol–water partition coefficient (Wildman–Crippen LogP) is 5.99. The second kappa shape index (κ2) is 8.52. The molecule has 0 saturated heterocycles. The molecule has 5 nitrogen and oxygen atoms in total. The molecule has 0 aliphatic carbocycles. The van der Waals surface area contributed by atoms with Gasteiger partial charge in [0.05, 0.1) is 10.7 Å². The average Bonchev–Trinajstić information content (AvgIpc) is 2.73. The van der Waals surface area contributed by atoms with Gasteiger partial charge in [-0.2, -0.15) is 0 Å². The van der Waals surface area contributed by atoms with Gasteiger partial charge in [-0.3, -0.25) is 14.3 Å². The van der Waals surface area contributed by atoms with Gasteiger partial charge < -0.3 is 4.72 Å². The molecule has 32 heavy (non-hydrogen) atoms. The van der Waals surface area contributed by atoms with Crippen LogP contribution in [0.5, 0.6) is 0 Å². The van der Waals surface area contributed by atoms with Crippen LogP contribution >= 0.6 is 23.5 Å². The molecule has 0 bridgehead atoms. The summed E-state index contributed by atoms with van der Waals surface area (Å²) in [6.45, 7) is 6.24. The summed E-state index contributed by atoms with van der Waals surface area (Å²) in [5, 5.41) is 2.86. The molecule has 3 aromatic carbocycles. The van der Waals surface area contributed by atoms with E-state index in [9.17, 15) is 9.59 Å². The lowest BCUT2D eigenvalue weighted by Crippen LogP contribution is -2.27. The van der Waals surface area contributed by atoms with E-state index in [4.69, 9.17) is 11.6 Å². The third-order valence-corrected chi connectivity index (χ3v) is 6.19. The summed E-state index contributed by atoms with van der Waals surface area (Å²) in [6, 6.07) is 17.6. The fourth-order valence-corrected chi connectivity index (χ4v) is 4.58. The van der Waals surface area contributed by atoms with Crippen molar-refractivity contribution in [3.63, 3.8) is 0 Å². The zero-order valence-electron chi connectivity index (χ0n) is 18.3. The Hall–Kier alpha value is -2.96. The molecule has 7 heteroatoms. The first-order chi connectivity index (χ1) is 15.2. The summed E-state index contributed by atoms with van der Waals surface area (Å²) in [5.41, 5.74) is 3.24. The van der Waals surface area contributed by atoms with Gasteiger partial charge in [-0.05, 0) is 57.6 Å². The number of rotatable bonds is 4. The van der Waals surface area contributed by atoms with Gasteiger partial charge in [0.15, 0.2) is 0 Å². The average molecular weight is 466 g/mol. The Morgan fingerprint density at radius 2 is 1.69 bits per heavy atom. The van der Waals surface area contributed by atoms with E-state index in [1.807, 2.05) is 30.5 Å². The highest BCUT2D eigenvalue weighted by atomic mass is 35.5. The number of anilines is 1. The van der Waals surface area contributed by atoms with Gasteiger partial charge in [-0.1, -0.05) is 62.5 Å². The Morgan fingerprint density at radius 1 is 0.969 bits per heavy atom. The van der Waals surface area contributed by atoms with Gasteiger partial charge in [0, 0.05) is 29.8 Å². The first-order valence-electron chi connectivity index (χ1n) is 10.2. The van der Waals surface area contributed by atoms with Crippen LogP contribution in [-0.2, 0) is 5.41 Å². The Kier molecular flexibility index (Phi) is 5.93. The van der Waals surface area contributed by atoms with Crippen LogP contribution in [0, 0.1) is 0 Å². The van der Waals surface area contributed by atoms with E-state index in [2.05, 4.69) is 54.7 Å². The van der Waals surface area contributed by atoms with Crippen molar-refractivity contribution in [2.24, 2.45) is 0 Å². The second-order valence-corrected chi connectivity index (χ2v) is 9.66. The summed E-state index contributed by atoms with van der Waals surface area (Å²) in [5.74, 6) is 0. The number of hydrogen-bond donors (Lipinski definition) is 2. The monoisotopic (exact) mass is 465 g/mol. The molecule has 0 radical (unpaired) electrons. The number of benzene rings is 3. The molecule has 2 N–H and O–H groups in total. The van der Waals surface area contributed by atoms with Gasteiger partial charge in [0.25, 0.3) is 5.56 Å². The van der Waals surface area contributed by atoms with Crippen LogP contribution in [0.15, 0.2) is 70.4 Å². The molecule has 1 aromatic heterocycles. The zero-order valence-corrected chi connectivity index (χ0v) is 19.9. The molecule has 1 heterocycles. The molecule has 4 rings (SSSR count). The maximum atomic E-state index is 12.5. The van der Waals surface area contributed by atoms with Crippen molar-refractivity contribution in [1.29, 1.82) is 0 Å². The van der Waals surface area contributed by atoms with Gasteiger partial charge in [0.1, 0.15) is 0 Å². The molecule has 4 aromatic rings. The molecule has 0 aliphatic heterocycles. The molecule has 0 unspecified atom stereocenters. The molecule has 0 aliphatic rings. The Bertz CT molecular complexity index is 1430. The molecule has 0 spiro atoms. The molecule has 0 saturated carbocycles. The topological polar surface area (TPSA) is 66.9 Å². The highest BCUT2D eigenvalue weighted by Crippen LogP contribution is 2.39. The van der Waals surface area contributed by atoms with E-state index in [-0.39, 0.29) is 5.41 Å². The van der Waals surface area contributed by atoms with Crippen molar-refractivity contribution in [2.75, 3.05) is 11.0 Å². The number of H-pyrrole nitrogens is 1. The summed E-state index contributed by atoms with van der Waals surface area (Å²) in [6.07, 6.45) is 3.48. The Balaban J connectivity index is 1.94. The number of aromatic amines is 1. The normalized spacial score (nSPS) is 11.7. The maximum Gasteiger partial charge on any atom is 0.332 e. The minimum absolute atomic E-state index is 0.247. The van der Waals surface area contributed by atoms with Crippen LogP contribution in [-0.4, -0.2) is 15.8 Å². The number of nitrogens with zero attached hydrogens (tertiary/aromatic N) is 1. The predicted molar refractivity (Wildman–Crippen MR) is 136 cm³/mol. The number of fused-ring (bicyclic) bond motifs is 1. The molecule has 164 valence electrons. The van der Waals surface area contributed by atoms with Crippen molar-refractivity contribution >= 4 is 40.0 Å². The number of aromatic nitrogens is 2. The second-order valence-electron chi connectivity index (χ2n) is 8.67. The number of hydrogen-bond acceptors (Lipinski definition) is 4. The van der Waals surface area contributed by atoms with E-state index in [0.29, 0.717) is 10.7 Å². The molecule has 0 amide bonds. The number of nitrogens with one attached hydrogen (secondary N) is 2. The summed E-state index contributed by atoms with van der Waals surface area (Å²) in [7, 11) is 0. The van der Waals surface area contributed by atoms with Crippen LogP contribution in [0.4, 0.5) is 5.69 Å². The van der Waals surface area contributed by atoms with E-state index in [1.165, 1.54) is 16.8 Å². The van der Waals surface area contributed by atoms with Crippen molar-refractivity contribution in [3.05, 3.63) is 92.2 Å². The first kappa shape index (κ1) is 22.2. The lowest BCUT2D eigenvalue weighted by molar-refractivity contribution is 0.590. The van der Waals surface area contributed by atoms with Gasteiger partial charge in [-0.15, -0.1) is 0 Å². The smallest absolute Gasteiger partial charge is 0.330 e. The third-order valence-electron chi connectivity index (χ3n) is 5.34. The summed E-state index contributed by atoms with van der Waals surface area (Å²) < 4.78 is 4.68. The highest BCUT2D eigenvalue weighted by Gasteiger charge is 2.22. The van der Waals surface area contributed by atoms with E-state index in [1.54, 1.807) is 11.9 Å².